The standard InChI is InChI=1S/C12H16N2O4S/c13-10(12(15)16)7-19(17,18)14-11-6-5-8-3-1-2-4-9(8)11/h1-4,10-11,14H,5-7,13H2,(H,15,16). The van der Waals surface area contributed by atoms with Crippen LogP contribution in [-0.4, -0.2) is 31.3 Å². The zero-order valence-electron chi connectivity index (χ0n) is 10.2. The monoisotopic (exact) mass is 284 g/mol. The molecule has 2 rings (SSSR count). The Balaban J connectivity index is 2.08. The summed E-state index contributed by atoms with van der Waals surface area (Å²) in [6.45, 7) is 0. The first-order chi connectivity index (χ1) is 8.89. The molecule has 2 atom stereocenters. The summed E-state index contributed by atoms with van der Waals surface area (Å²) in [7, 11) is -3.71. The van der Waals surface area contributed by atoms with E-state index in [0.717, 1.165) is 17.5 Å². The van der Waals surface area contributed by atoms with Crippen LogP contribution in [0.2, 0.25) is 0 Å². The fraction of sp³-hybridized carbons (Fsp3) is 0.417. The molecule has 6 nitrogen and oxygen atoms in total. The molecule has 0 heterocycles. The number of carboxylic acid groups (broad SMARTS) is 1. The van der Waals surface area contributed by atoms with Crippen molar-refractivity contribution in [2.75, 3.05) is 5.75 Å². The smallest absolute Gasteiger partial charge is 0.321 e. The summed E-state index contributed by atoms with van der Waals surface area (Å²) < 4.78 is 26.2. The predicted molar refractivity (Wildman–Crippen MR) is 70.0 cm³/mol. The number of nitrogens with two attached hydrogens (primary N) is 1. The summed E-state index contributed by atoms with van der Waals surface area (Å²) in [4.78, 5) is 10.6. The van der Waals surface area contributed by atoms with E-state index in [4.69, 9.17) is 10.8 Å². The van der Waals surface area contributed by atoms with Crippen LogP contribution in [0.3, 0.4) is 0 Å². The summed E-state index contributed by atoms with van der Waals surface area (Å²) in [6.07, 6.45) is 1.50. The largest absolute Gasteiger partial charge is 0.480 e. The van der Waals surface area contributed by atoms with Crippen molar-refractivity contribution in [1.29, 1.82) is 0 Å². The number of hydrogen-bond acceptors (Lipinski definition) is 4. The van der Waals surface area contributed by atoms with E-state index in [1.165, 1.54) is 0 Å². The van der Waals surface area contributed by atoms with Crippen molar-refractivity contribution in [3.05, 3.63) is 35.4 Å². The van der Waals surface area contributed by atoms with Gasteiger partial charge in [0.25, 0.3) is 0 Å². The molecule has 1 aromatic carbocycles. The summed E-state index contributed by atoms with van der Waals surface area (Å²) in [5.74, 6) is -1.93. The topological polar surface area (TPSA) is 109 Å². The van der Waals surface area contributed by atoms with E-state index in [0.29, 0.717) is 6.42 Å². The van der Waals surface area contributed by atoms with Gasteiger partial charge in [-0.1, -0.05) is 24.3 Å². The van der Waals surface area contributed by atoms with Crippen LogP contribution in [0, 0.1) is 0 Å². The Kier molecular flexibility index (Phi) is 3.88. The first-order valence-corrected chi connectivity index (χ1v) is 7.60. The molecule has 0 aromatic heterocycles. The fourth-order valence-electron chi connectivity index (χ4n) is 2.25. The van der Waals surface area contributed by atoms with Gasteiger partial charge in [-0.3, -0.25) is 4.79 Å². The van der Waals surface area contributed by atoms with Crippen LogP contribution in [0.5, 0.6) is 0 Å². The summed E-state index contributed by atoms with van der Waals surface area (Å²) in [6, 6.07) is 5.92. The van der Waals surface area contributed by atoms with E-state index in [1.54, 1.807) is 0 Å². The molecule has 4 N–H and O–H groups in total. The molecular formula is C12H16N2O4S. The van der Waals surface area contributed by atoms with Crippen molar-refractivity contribution in [3.8, 4) is 0 Å². The number of carboxylic acids is 1. The van der Waals surface area contributed by atoms with Crippen LogP contribution in [0.4, 0.5) is 0 Å². The molecule has 0 bridgehead atoms. The van der Waals surface area contributed by atoms with Gasteiger partial charge in [0, 0.05) is 6.04 Å². The zero-order valence-corrected chi connectivity index (χ0v) is 11.1. The Labute approximate surface area is 111 Å². The molecule has 1 aromatic rings. The maximum Gasteiger partial charge on any atom is 0.321 e. The van der Waals surface area contributed by atoms with Gasteiger partial charge in [0.2, 0.25) is 10.0 Å². The lowest BCUT2D eigenvalue weighted by Gasteiger charge is -2.15. The van der Waals surface area contributed by atoms with Crippen LogP contribution < -0.4 is 10.5 Å². The average Bonchev–Trinajstić information content (AvgIpc) is 2.71. The molecule has 0 fully saturated rings. The number of hydrogen-bond donors (Lipinski definition) is 3. The third kappa shape index (κ3) is 3.31. The molecule has 2 unspecified atom stereocenters. The van der Waals surface area contributed by atoms with Crippen molar-refractivity contribution in [1.82, 2.24) is 4.72 Å². The summed E-state index contributed by atoms with van der Waals surface area (Å²) in [5.41, 5.74) is 7.33. The molecule has 0 radical (unpaired) electrons. The second-order valence-electron chi connectivity index (χ2n) is 4.63. The SMILES string of the molecule is NC(CS(=O)(=O)NC1CCc2ccccc21)C(=O)O. The minimum atomic E-state index is -3.71. The molecule has 0 saturated heterocycles. The Bertz CT molecular complexity index is 585. The van der Waals surface area contributed by atoms with Crippen molar-refractivity contribution in [3.63, 3.8) is 0 Å². The molecule has 104 valence electrons. The number of carbonyl (C=O) groups is 1. The van der Waals surface area contributed by atoms with Gasteiger partial charge in [0.15, 0.2) is 0 Å². The Morgan fingerprint density at radius 3 is 2.84 bits per heavy atom. The van der Waals surface area contributed by atoms with Gasteiger partial charge in [-0.15, -0.1) is 0 Å². The molecular weight excluding hydrogens is 268 g/mol. The first kappa shape index (κ1) is 14.0. The van der Waals surface area contributed by atoms with E-state index in [2.05, 4.69) is 4.72 Å². The van der Waals surface area contributed by atoms with Gasteiger partial charge in [-0.25, -0.2) is 13.1 Å². The highest BCUT2D eigenvalue weighted by atomic mass is 32.2. The predicted octanol–water partition coefficient (Wildman–Crippen LogP) is 0.00520. The van der Waals surface area contributed by atoms with E-state index in [-0.39, 0.29) is 6.04 Å². The Morgan fingerprint density at radius 1 is 1.47 bits per heavy atom. The molecule has 1 aliphatic rings. The number of rotatable bonds is 5. The van der Waals surface area contributed by atoms with E-state index < -0.39 is 27.8 Å². The lowest BCUT2D eigenvalue weighted by atomic mass is 10.1. The molecule has 0 aliphatic heterocycles. The Morgan fingerprint density at radius 2 is 2.16 bits per heavy atom. The number of benzene rings is 1. The molecule has 0 spiro atoms. The lowest BCUT2D eigenvalue weighted by Crippen LogP contribution is -2.42. The van der Waals surface area contributed by atoms with Crippen molar-refractivity contribution in [2.45, 2.75) is 24.9 Å². The van der Waals surface area contributed by atoms with Gasteiger partial charge < -0.3 is 10.8 Å². The highest BCUT2D eigenvalue weighted by molar-refractivity contribution is 7.89. The third-order valence-electron chi connectivity index (χ3n) is 3.17. The van der Waals surface area contributed by atoms with Crippen LogP contribution in [0.15, 0.2) is 24.3 Å². The van der Waals surface area contributed by atoms with Crippen molar-refractivity contribution < 1.29 is 18.3 Å². The number of nitrogens with one attached hydrogen (secondary N) is 1. The Hall–Kier alpha value is -1.44. The van der Waals surface area contributed by atoms with Gasteiger partial charge in [0.1, 0.15) is 6.04 Å². The van der Waals surface area contributed by atoms with E-state index in [1.807, 2.05) is 24.3 Å². The average molecular weight is 284 g/mol. The van der Waals surface area contributed by atoms with E-state index in [9.17, 15) is 13.2 Å². The van der Waals surface area contributed by atoms with Gasteiger partial charge in [-0.05, 0) is 24.0 Å². The molecule has 7 heteroatoms. The third-order valence-corrected chi connectivity index (χ3v) is 4.61. The molecule has 1 aliphatic carbocycles. The van der Waals surface area contributed by atoms with Crippen molar-refractivity contribution >= 4 is 16.0 Å². The first-order valence-electron chi connectivity index (χ1n) is 5.95. The quantitative estimate of drug-likeness (QED) is 0.705. The fourth-order valence-corrected chi connectivity index (χ4v) is 3.64. The van der Waals surface area contributed by atoms with Crippen LogP contribution in [-0.2, 0) is 21.2 Å². The highest BCUT2D eigenvalue weighted by Gasteiger charge is 2.28. The highest BCUT2D eigenvalue weighted by Crippen LogP contribution is 2.31. The maximum atomic E-state index is 11.9. The molecule has 19 heavy (non-hydrogen) atoms. The van der Waals surface area contributed by atoms with Crippen molar-refractivity contribution in [2.24, 2.45) is 5.73 Å². The van der Waals surface area contributed by atoms with Crippen LogP contribution >= 0.6 is 0 Å². The molecule has 0 saturated carbocycles. The lowest BCUT2D eigenvalue weighted by molar-refractivity contribution is -0.137. The van der Waals surface area contributed by atoms with Gasteiger partial charge in [-0.2, -0.15) is 0 Å². The second-order valence-corrected chi connectivity index (χ2v) is 6.43. The van der Waals surface area contributed by atoms with Gasteiger partial charge in [0.05, 0.1) is 5.75 Å². The summed E-state index contributed by atoms with van der Waals surface area (Å²) >= 11 is 0. The van der Waals surface area contributed by atoms with Crippen LogP contribution in [0.25, 0.3) is 0 Å². The number of sulfonamides is 1. The number of aryl methyl sites for hydroxylation is 1. The summed E-state index contributed by atoms with van der Waals surface area (Å²) in [5, 5.41) is 8.65. The van der Waals surface area contributed by atoms with E-state index >= 15 is 0 Å². The minimum absolute atomic E-state index is 0.290. The zero-order chi connectivity index (χ0) is 14.0. The molecule has 0 amide bonds. The number of fused-ring (bicyclic) bond motifs is 1. The van der Waals surface area contributed by atoms with Crippen LogP contribution in [0.1, 0.15) is 23.6 Å². The van der Waals surface area contributed by atoms with Gasteiger partial charge >= 0.3 is 5.97 Å². The number of aliphatic carboxylic acids is 1. The second kappa shape index (κ2) is 5.28. The minimum Gasteiger partial charge on any atom is -0.480 e. The maximum absolute atomic E-state index is 11.9. The normalized spacial score (nSPS) is 19.9.